The molecule has 0 aliphatic rings. The maximum atomic E-state index is 6.36. The average molecular weight is 247 g/mol. The van der Waals surface area contributed by atoms with Crippen LogP contribution >= 0.6 is 0 Å². The van der Waals surface area contributed by atoms with Gasteiger partial charge in [0.2, 0.25) is 0 Å². The van der Waals surface area contributed by atoms with Crippen LogP contribution in [-0.2, 0) is 0 Å². The molecule has 0 aliphatic carbocycles. The monoisotopic (exact) mass is 247 g/mol. The van der Waals surface area contributed by atoms with Crippen LogP contribution in [-0.4, -0.2) is 5.54 Å². The predicted octanol–water partition coefficient (Wildman–Crippen LogP) is 4.64. The van der Waals surface area contributed by atoms with Gasteiger partial charge in [-0.2, -0.15) is 0 Å². The lowest BCUT2D eigenvalue weighted by Gasteiger charge is -2.39. The zero-order valence-electron chi connectivity index (χ0n) is 12.9. The van der Waals surface area contributed by atoms with Crippen molar-refractivity contribution in [3.8, 4) is 0 Å². The average Bonchev–Trinajstić information content (AvgIpc) is 2.27. The van der Waals surface area contributed by atoms with E-state index >= 15 is 0 Å². The molecule has 1 heteroatoms. The number of rotatable bonds is 5. The molecule has 0 aromatic heterocycles. The highest BCUT2D eigenvalue weighted by atomic mass is 14.7. The Bertz CT molecular complexity index is 390. The first-order chi connectivity index (χ1) is 8.19. The molecular formula is C17H29N. The number of hydrogen-bond acceptors (Lipinski definition) is 1. The molecular weight excluding hydrogens is 218 g/mol. The molecule has 0 heterocycles. The van der Waals surface area contributed by atoms with E-state index in [0.717, 1.165) is 12.8 Å². The predicted molar refractivity (Wildman–Crippen MR) is 80.9 cm³/mol. The van der Waals surface area contributed by atoms with Crippen molar-refractivity contribution in [3.63, 3.8) is 0 Å². The van der Waals surface area contributed by atoms with Gasteiger partial charge in [0.1, 0.15) is 0 Å². The molecule has 0 spiro atoms. The molecule has 2 atom stereocenters. The lowest BCUT2D eigenvalue weighted by atomic mass is 9.68. The zero-order valence-corrected chi connectivity index (χ0v) is 12.9. The standard InChI is InChI=1S/C17H29N/c1-7-17(6,18)12-16(4,5)14(3)15-11-9-8-10-13(15)2/h8-11,14H,7,12,18H2,1-6H3. The summed E-state index contributed by atoms with van der Waals surface area (Å²) in [5.74, 6) is 0.521. The summed E-state index contributed by atoms with van der Waals surface area (Å²) in [5, 5.41) is 0. The summed E-state index contributed by atoms with van der Waals surface area (Å²) in [5.41, 5.74) is 9.34. The zero-order chi connectivity index (χ0) is 14.0. The van der Waals surface area contributed by atoms with Crippen LogP contribution in [0.15, 0.2) is 24.3 Å². The quantitative estimate of drug-likeness (QED) is 0.805. The molecule has 0 bridgehead atoms. The molecule has 0 amide bonds. The van der Waals surface area contributed by atoms with E-state index in [0.29, 0.717) is 5.92 Å². The first kappa shape index (κ1) is 15.2. The molecule has 2 unspecified atom stereocenters. The van der Waals surface area contributed by atoms with Gasteiger partial charge in [0.15, 0.2) is 0 Å². The normalized spacial score (nSPS) is 17.3. The van der Waals surface area contributed by atoms with E-state index in [2.05, 4.69) is 65.8 Å². The fourth-order valence-electron chi connectivity index (χ4n) is 2.81. The third-order valence-electron chi connectivity index (χ3n) is 4.49. The van der Waals surface area contributed by atoms with Gasteiger partial charge in [0.25, 0.3) is 0 Å². The van der Waals surface area contributed by atoms with Crippen LogP contribution in [0.3, 0.4) is 0 Å². The van der Waals surface area contributed by atoms with Crippen LogP contribution in [0.2, 0.25) is 0 Å². The number of hydrogen-bond donors (Lipinski definition) is 1. The molecule has 102 valence electrons. The third-order valence-corrected chi connectivity index (χ3v) is 4.49. The van der Waals surface area contributed by atoms with E-state index in [1.807, 2.05) is 0 Å². The first-order valence-corrected chi connectivity index (χ1v) is 7.04. The summed E-state index contributed by atoms with van der Waals surface area (Å²) in [6.07, 6.45) is 2.07. The topological polar surface area (TPSA) is 26.0 Å². The van der Waals surface area contributed by atoms with Gasteiger partial charge in [-0.3, -0.25) is 0 Å². The Morgan fingerprint density at radius 3 is 2.22 bits per heavy atom. The Labute approximate surface area is 113 Å². The van der Waals surface area contributed by atoms with Gasteiger partial charge in [-0.25, -0.2) is 0 Å². The van der Waals surface area contributed by atoms with Gasteiger partial charge >= 0.3 is 0 Å². The molecule has 0 radical (unpaired) electrons. The second-order valence-corrected chi connectivity index (χ2v) is 6.75. The second kappa shape index (κ2) is 5.44. The van der Waals surface area contributed by atoms with Crippen LogP contribution in [0.1, 0.15) is 64.5 Å². The van der Waals surface area contributed by atoms with E-state index in [1.165, 1.54) is 11.1 Å². The van der Waals surface area contributed by atoms with Crippen molar-refractivity contribution >= 4 is 0 Å². The molecule has 0 fully saturated rings. The van der Waals surface area contributed by atoms with Gasteiger partial charge in [0, 0.05) is 5.54 Å². The largest absolute Gasteiger partial charge is 0.325 e. The summed E-state index contributed by atoms with van der Waals surface area (Å²) in [4.78, 5) is 0. The molecule has 2 N–H and O–H groups in total. The number of benzene rings is 1. The molecule has 1 aromatic carbocycles. The smallest absolute Gasteiger partial charge is 0.0128 e. The van der Waals surface area contributed by atoms with E-state index in [4.69, 9.17) is 5.73 Å². The maximum Gasteiger partial charge on any atom is 0.0128 e. The van der Waals surface area contributed by atoms with Crippen LogP contribution in [0.5, 0.6) is 0 Å². The van der Waals surface area contributed by atoms with E-state index in [9.17, 15) is 0 Å². The first-order valence-electron chi connectivity index (χ1n) is 7.04. The molecule has 0 aliphatic heterocycles. The molecule has 18 heavy (non-hydrogen) atoms. The van der Waals surface area contributed by atoms with Gasteiger partial charge in [-0.05, 0) is 49.1 Å². The lowest BCUT2D eigenvalue weighted by molar-refractivity contribution is 0.205. The van der Waals surface area contributed by atoms with Gasteiger partial charge < -0.3 is 5.73 Å². The summed E-state index contributed by atoms with van der Waals surface area (Å²) in [6.45, 7) is 13.5. The molecule has 1 nitrogen and oxygen atoms in total. The Morgan fingerprint density at radius 2 is 1.72 bits per heavy atom. The van der Waals surface area contributed by atoms with Gasteiger partial charge in [-0.15, -0.1) is 0 Å². The van der Waals surface area contributed by atoms with Crippen molar-refractivity contribution in [1.29, 1.82) is 0 Å². The fraction of sp³-hybridized carbons (Fsp3) is 0.647. The highest BCUT2D eigenvalue weighted by Gasteiger charge is 2.33. The Kier molecular flexibility index (Phi) is 4.61. The minimum Gasteiger partial charge on any atom is -0.325 e. The van der Waals surface area contributed by atoms with Gasteiger partial charge in [0.05, 0.1) is 0 Å². The maximum absolute atomic E-state index is 6.36. The number of nitrogens with two attached hydrogens (primary N) is 1. The van der Waals surface area contributed by atoms with Crippen LogP contribution in [0.4, 0.5) is 0 Å². The van der Waals surface area contributed by atoms with Crippen molar-refractivity contribution in [1.82, 2.24) is 0 Å². The fourth-order valence-corrected chi connectivity index (χ4v) is 2.81. The Morgan fingerprint density at radius 1 is 1.17 bits per heavy atom. The molecule has 0 saturated heterocycles. The Hall–Kier alpha value is -0.820. The van der Waals surface area contributed by atoms with Crippen molar-refractivity contribution < 1.29 is 0 Å². The molecule has 1 aromatic rings. The SMILES string of the molecule is CCC(C)(N)CC(C)(C)C(C)c1ccccc1C. The number of aryl methyl sites for hydroxylation is 1. The van der Waals surface area contributed by atoms with Crippen molar-refractivity contribution in [2.45, 2.75) is 65.8 Å². The second-order valence-electron chi connectivity index (χ2n) is 6.75. The minimum absolute atomic E-state index is 0.0690. The van der Waals surface area contributed by atoms with E-state index in [1.54, 1.807) is 0 Å². The third kappa shape index (κ3) is 3.58. The highest BCUT2D eigenvalue weighted by Crippen LogP contribution is 2.42. The van der Waals surface area contributed by atoms with Gasteiger partial charge in [-0.1, -0.05) is 52.0 Å². The highest BCUT2D eigenvalue weighted by molar-refractivity contribution is 5.30. The van der Waals surface area contributed by atoms with Crippen LogP contribution < -0.4 is 5.73 Å². The minimum atomic E-state index is -0.0690. The summed E-state index contributed by atoms with van der Waals surface area (Å²) in [6, 6.07) is 8.69. The van der Waals surface area contributed by atoms with E-state index in [-0.39, 0.29) is 11.0 Å². The van der Waals surface area contributed by atoms with Crippen LogP contribution in [0, 0.1) is 12.3 Å². The van der Waals surface area contributed by atoms with Crippen molar-refractivity contribution in [2.75, 3.05) is 0 Å². The summed E-state index contributed by atoms with van der Waals surface area (Å²) in [7, 11) is 0. The summed E-state index contributed by atoms with van der Waals surface area (Å²) < 4.78 is 0. The summed E-state index contributed by atoms with van der Waals surface area (Å²) >= 11 is 0. The van der Waals surface area contributed by atoms with Crippen molar-refractivity contribution in [3.05, 3.63) is 35.4 Å². The van der Waals surface area contributed by atoms with Crippen molar-refractivity contribution in [2.24, 2.45) is 11.1 Å². The molecule has 0 saturated carbocycles. The lowest BCUT2D eigenvalue weighted by Crippen LogP contribution is -2.41. The Balaban J connectivity index is 2.95. The molecule has 1 rings (SSSR count). The van der Waals surface area contributed by atoms with E-state index < -0.39 is 0 Å². The van der Waals surface area contributed by atoms with Crippen LogP contribution in [0.25, 0.3) is 0 Å².